The molecule has 78 valence electrons. The molecule has 15 heavy (non-hydrogen) atoms. The molecule has 1 aromatic heterocycles. The summed E-state index contributed by atoms with van der Waals surface area (Å²) in [7, 11) is 3.55. The lowest BCUT2D eigenvalue weighted by molar-refractivity contribution is 0.690. The first-order valence-electron chi connectivity index (χ1n) is 3.98. The molecule has 2 aromatic rings. The van der Waals surface area contributed by atoms with Gasteiger partial charge < -0.3 is 4.98 Å². The lowest BCUT2D eigenvalue weighted by atomic mass is 10.2. The quantitative estimate of drug-likeness (QED) is 0.802. The summed E-state index contributed by atoms with van der Waals surface area (Å²) in [4.78, 5) is 14.6. The number of nitrogens with one attached hydrogen (secondary N) is 1. The number of H-pyrrole nitrogens is 1. The van der Waals surface area contributed by atoms with Crippen LogP contribution in [-0.4, -0.2) is 9.19 Å². The zero-order valence-electron chi connectivity index (χ0n) is 7.29. The average Bonchev–Trinajstić information content (AvgIpc) is 2.19. The summed E-state index contributed by atoms with van der Waals surface area (Å²) >= 11 is 5.76. The monoisotopic (exact) mass is 261 g/mol. The largest absolute Gasteiger partial charge is 0.360 e. The van der Waals surface area contributed by atoms with Crippen LogP contribution in [0.15, 0.2) is 34.1 Å². The van der Waals surface area contributed by atoms with Crippen molar-refractivity contribution in [2.45, 2.75) is 4.90 Å². The van der Waals surface area contributed by atoms with Crippen molar-refractivity contribution in [2.75, 3.05) is 0 Å². The van der Waals surface area contributed by atoms with E-state index in [1.165, 1.54) is 12.3 Å². The Bertz CT molecular complexity index is 609. The van der Waals surface area contributed by atoms with E-state index in [0.717, 1.165) is 0 Å². The molecule has 2 rings (SSSR count). The van der Waals surface area contributed by atoms with E-state index < -0.39 is 10.0 Å². The Morgan fingerprint density at radius 2 is 2.07 bits per heavy atom. The highest BCUT2D eigenvalue weighted by atomic mass is 35.7. The van der Waals surface area contributed by atoms with E-state index in [1.807, 2.05) is 0 Å². The van der Waals surface area contributed by atoms with Crippen LogP contribution in [0.4, 0.5) is 0 Å². The van der Waals surface area contributed by atoms with Crippen molar-refractivity contribution >= 4 is 43.2 Å². The summed E-state index contributed by atoms with van der Waals surface area (Å²) in [6.07, 6.45) is 1.35. The third-order valence-electron chi connectivity index (χ3n) is 1.98. The first-order valence-corrected chi connectivity index (χ1v) is 6.34. The van der Waals surface area contributed by atoms with E-state index in [0.29, 0.717) is 15.9 Å². The van der Waals surface area contributed by atoms with Gasteiger partial charge in [0.05, 0.1) is 0 Å². The summed E-state index contributed by atoms with van der Waals surface area (Å²) in [6, 6.07) is 4.86. The van der Waals surface area contributed by atoms with Crippen molar-refractivity contribution in [3.05, 3.63) is 39.6 Å². The van der Waals surface area contributed by atoms with Gasteiger partial charge in [0.25, 0.3) is 0 Å². The van der Waals surface area contributed by atoms with Crippen molar-refractivity contribution in [3.8, 4) is 0 Å². The molecule has 0 bridgehead atoms. The maximum atomic E-state index is 11.8. The Kier molecular flexibility index (Phi) is 2.82. The van der Waals surface area contributed by atoms with E-state index in [-0.39, 0.29) is 10.3 Å². The van der Waals surface area contributed by atoms with Crippen LogP contribution >= 0.6 is 22.3 Å². The Balaban J connectivity index is 2.89. The van der Waals surface area contributed by atoms with Crippen molar-refractivity contribution < 1.29 is 4.21 Å². The molecular formula is C9H5Cl2NO2S. The molecule has 1 N–H and O–H groups in total. The van der Waals surface area contributed by atoms with Gasteiger partial charge in [-0.05, 0) is 28.9 Å². The van der Waals surface area contributed by atoms with Gasteiger partial charge in [0.2, 0.25) is 5.43 Å². The highest BCUT2D eigenvalue weighted by Crippen LogP contribution is 2.16. The lowest BCUT2D eigenvalue weighted by Gasteiger charge is -1.99. The fourth-order valence-corrected chi connectivity index (χ4v) is 2.21. The Morgan fingerprint density at radius 3 is 2.73 bits per heavy atom. The maximum absolute atomic E-state index is 11.8. The molecule has 6 heteroatoms. The summed E-state index contributed by atoms with van der Waals surface area (Å²) in [5, 5.41) is 0.833. The molecule has 0 fully saturated rings. The van der Waals surface area contributed by atoms with E-state index in [4.69, 9.17) is 22.3 Å². The third kappa shape index (κ3) is 1.93. The standard InChI is InChI=1S/C9H5Cl2NO2S/c10-5-1-2-7-6(3-5)9(13)8(4-12-7)15(11)14/h1-4H,(H,12,13). The molecule has 1 aromatic carbocycles. The zero-order chi connectivity index (χ0) is 11.0. The van der Waals surface area contributed by atoms with Crippen LogP contribution in [0.2, 0.25) is 5.02 Å². The number of hydrogen-bond acceptors (Lipinski definition) is 2. The van der Waals surface area contributed by atoms with Gasteiger partial charge in [0.1, 0.15) is 4.90 Å². The van der Waals surface area contributed by atoms with Crippen molar-refractivity contribution in [1.82, 2.24) is 4.98 Å². The van der Waals surface area contributed by atoms with Crippen molar-refractivity contribution in [2.24, 2.45) is 0 Å². The Labute approximate surface area is 97.0 Å². The van der Waals surface area contributed by atoms with Gasteiger partial charge in [-0.3, -0.25) is 4.79 Å². The van der Waals surface area contributed by atoms with Crippen molar-refractivity contribution in [1.29, 1.82) is 0 Å². The highest BCUT2D eigenvalue weighted by Gasteiger charge is 2.09. The Morgan fingerprint density at radius 1 is 1.33 bits per heavy atom. The molecule has 0 aliphatic carbocycles. The zero-order valence-corrected chi connectivity index (χ0v) is 9.62. The van der Waals surface area contributed by atoms with Crippen LogP contribution in [0, 0.1) is 0 Å². The molecule has 0 radical (unpaired) electrons. The second kappa shape index (κ2) is 3.96. The predicted molar refractivity (Wildman–Crippen MR) is 61.8 cm³/mol. The number of pyridine rings is 1. The van der Waals surface area contributed by atoms with Crippen LogP contribution in [-0.2, 0) is 10.0 Å². The molecule has 0 saturated heterocycles. The van der Waals surface area contributed by atoms with Crippen molar-refractivity contribution in [3.63, 3.8) is 0 Å². The molecular weight excluding hydrogens is 257 g/mol. The molecule has 3 nitrogen and oxygen atoms in total. The van der Waals surface area contributed by atoms with E-state index in [1.54, 1.807) is 12.1 Å². The Hall–Kier alpha value is -0.840. The number of hydrogen-bond donors (Lipinski definition) is 1. The normalized spacial score (nSPS) is 12.9. The minimum Gasteiger partial charge on any atom is -0.360 e. The van der Waals surface area contributed by atoms with Crippen LogP contribution in [0.1, 0.15) is 0 Å². The van der Waals surface area contributed by atoms with Crippen LogP contribution in [0.3, 0.4) is 0 Å². The predicted octanol–water partition coefficient (Wildman–Crippen LogP) is 2.44. The second-order valence-corrected chi connectivity index (χ2v) is 5.06. The van der Waals surface area contributed by atoms with E-state index in [9.17, 15) is 9.00 Å². The van der Waals surface area contributed by atoms with E-state index >= 15 is 0 Å². The third-order valence-corrected chi connectivity index (χ3v) is 3.36. The van der Waals surface area contributed by atoms with Gasteiger partial charge in [-0.25, -0.2) is 4.21 Å². The molecule has 0 saturated carbocycles. The molecule has 0 aliphatic heterocycles. The summed E-state index contributed by atoms with van der Waals surface area (Å²) in [5.74, 6) is 0. The van der Waals surface area contributed by atoms with Gasteiger partial charge in [-0.1, -0.05) is 11.6 Å². The molecule has 1 heterocycles. The number of benzene rings is 1. The smallest absolute Gasteiger partial charge is 0.206 e. The first-order chi connectivity index (χ1) is 7.09. The fraction of sp³-hybridized carbons (Fsp3) is 0. The SMILES string of the molecule is O=c1c(S(=O)Cl)c[nH]c2ccc(Cl)cc12. The van der Waals surface area contributed by atoms with Gasteiger partial charge in [-0.15, -0.1) is 0 Å². The maximum Gasteiger partial charge on any atom is 0.206 e. The number of rotatable bonds is 1. The number of aromatic amines is 1. The minimum atomic E-state index is -1.82. The number of aromatic nitrogens is 1. The average molecular weight is 262 g/mol. The fourth-order valence-electron chi connectivity index (χ4n) is 1.29. The van der Waals surface area contributed by atoms with Gasteiger partial charge >= 0.3 is 0 Å². The van der Waals surface area contributed by atoms with E-state index in [2.05, 4.69) is 4.98 Å². The molecule has 1 atom stereocenters. The molecule has 0 amide bonds. The highest BCUT2D eigenvalue weighted by molar-refractivity contribution is 8.08. The first kappa shape index (κ1) is 10.7. The summed E-state index contributed by atoms with van der Waals surface area (Å²) < 4.78 is 11.0. The molecule has 0 spiro atoms. The minimum absolute atomic E-state index is 0.0337. The van der Waals surface area contributed by atoms with Gasteiger partial charge in [0.15, 0.2) is 10.0 Å². The lowest BCUT2D eigenvalue weighted by Crippen LogP contribution is -2.08. The van der Waals surface area contributed by atoms with Gasteiger partial charge in [-0.2, -0.15) is 0 Å². The van der Waals surface area contributed by atoms with Gasteiger partial charge in [0, 0.05) is 22.1 Å². The van der Waals surface area contributed by atoms with Crippen LogP contribution < -0.4 is 5.43 Å². The second-order valence-electron chi connectivity index (χ2n) is 2.90. The number of halogens is 2. The summed E-state index contributed by atoms with van der Waals surface area (Å²) in [6.45, 7) is 0. The molecule has 0 aliphatic rings. The number of fused-ring (bicyclic) bond motifs is 1. The summed E-state index contributed by atoms with van der Waals surface area (Å²) in [5.41, 5.74) is 0.273. The molecule has 1 unspecified atom stereocenters. The van der Waals surface area contributed by atoms with Crippen LogP contribution in [0.5, 0.6) is 0 Å². The topological polar surface area (TPSA) is 49.9 Å². The van der Waals surface area contributed by atoms with Crippen LogP contribution in [0.25, 0.3) is 10.9 Å².